The number of halogens is 1. The predicted octanol–water partition coefficient (Wildman–Crippen LogP) is 6.14. The second-order valence-corrected chi connectivity index (χ2v) is 10.1. The Bertz CT molecular complexity index is 882. The van der Waals surface area contributed by atoms with E-state index < -0.39 is 9.73 Å². The Morgan fingerprint density at radius 1 is 1.38 bits per heavy atom. The van der Waals surface area contributed by atoms with Gasteiger partial charge in [-0.2, -0.15) is 15.7 Å². The van der Waals surface area contributed by atoms with E-state index in [1.54, 1.807) is 23.7 Å². The maximum Gasteiger partial charge on any atom is 0.0910 e. The summed E-state index contributed by atoms with van der Waals surface area (Å²) in [4.78, 5) is 7.11. The third kappa shape index (κ3) is 5.32. The largest absolute Gasteiger partial charge is 0.366 e. The molecule has 0 amide bonds. The van der Waals surface area contributed by atoms with Crippen molar-refractivity contribution in [1.29, 1.82) is 0 Å². The van der Waals surface area contributed by atoms with E-state index in [9.17, 15) is 4.21 Å². The van der Waals surface area contributed by atoms with E-state index in [4.69, 9.17) is 11.6 Å². The lowest BCUT2D eigenvalue weighted by atomic mass is 10.2. The van der Waals surface area contributed by atoms with Crippen molar-refractivity contribution in [2.75, 3.05) is 19.3 Å². The van der Waals surface area contributed by atoms with E-state index in [-0.39, 0.29) is 5.92 Å². The number of rotatable bonds is 7. The molecule has 0 aliphatic carbocycles. The summed E-state index contributed by atoms with van der Waals surface area (Å²) in [6, 6.07) is 5.55. The summed E-state index contributed by atoms with van der Waals surface area (Å²) in [7, 11) is -0.659. The SMILES string of the molecule is CCN(C)C=Nc1cc(C)c(S(=O)(CC(C)C)=Nc2ccsc2)cc1Cl. The van der Waals surface area contributed by atoms with E-state index in [1.165, 1.54) is 0 Å². The van der Waals surface area contributed by atoms with Crippen molar-refractivity contribution in [2.24, 2.45) is 15.3 Å². The average Bonchev–Trinajstić information content (AvgIpc) is 3.06. The molecule has 1 unspecified atom stereocenters. The molecule has 0 aliphatic heterocycles. The lowest BCUT2D eigenvalue weighted by Gasteiger charge is -2.16. The minimum atomic E-state index is -2.61. The van der Waals surface area contributed by atoms with Crippen LogP contribution in [-0.2, 0) is 9.73 Å². The van der Waals surface area contributed by atoms with Crippen LogP contribution in [0.25, 0.3) is 0 Å². The number of hydrogen-bond acceptors (Lipinski definition) is 4. The number of aryl methyl sites for hydroxylation is 1. The zero-order valence-corrected chi connectivity index (χ0v) is 18.3. The van der Waals surface area contributed by atoms with E-state index in [1.807, 2.05) is 41.8 Å². The van der Waals surface area contributed by atoms with Crippen LogP contribution in [0.1, 0.15) is 26.3 Å². The van der Waals surface area contributed by atoms with Crippen molar-refractivity contribution >= 4 is 50.4 Å². The van der Waals surface area contributed by atoms with Crippen LogP contribution in [-0.4, -0.2) is 34.8 Å². The molecule has 1 aromatic carbocycles. The van der Waals surface area contributed by atoms with Crippen molar-refractivity contribution in [3.63, 3.8) is 0 Å². The van der Waals surface area contributed by atoms with Crippen LogP contribution in [0, 0.1) is 12.8 Å². The van der Waals surface area contributed by atoms with E-state index in [0.29, 0.717) is 21.4 Å². The highest BCUT2D eigenvalue weighted by molar-refractivity contribution is 7.93. The summed E-state index contributed by atoms with van der Waals surface area (Å²) in [5.41, 5.74) is 2.32. The fourth-order valence-electron chi connectivity index (χ4n) is 2.44. The fourth-order valence-corrected chi connectivity index (χ4v) is 5.93. The second kappa shape index (κ2) is 9.02. The highest BCUT2D eigenvalue weighted by Gasteiger charge is 2.20. The Balaban J connectivity index is 2.55. The molecule has 0 aliphatic rings. The van der Waals surface area contributed by atoms with Crippen LogP contribution in [0.2, 0.25) is 5.02 Å². The Labute approximate surface area is 166 Å². The fraction of sp³-hybridized carbons (Fsp3) is 0.421. The molecule has 0 saturated heterocycles. The first-order valence-corrected chi connectivity index (χ1v) is 11.6. The van der Waals surface area contributed by atoms with Gasteiger partial charge < -0.3 is 4.90 Å². The third-order valence-electron chi connectivity index (χ3n) is 3.80. The summed E-state index contributed by atoms with van der Waals surface area (Å²) >= 11 is 8.00. The van der Waals surface area contributed by atoms with Gasteiger partial charge in [-0.3, -0.25) is 0 Å². The quantitative estimate of drug-likeness (QED) is 0.406. The van der Waals surface area contributed by atoms with Gasteiger partial charge in [-0.25, -0.2) is 9.20 Å². The first-order chi connectivity index (χ1) is 12.2. The highest BCUT2D eigenvalue weighted by atomic mass is 35.5. The molecule has 142 valence electrons. The van der Waals surface area contributed by atoms with Crippen molar-refractivity contribution in [3.8, 4) is 0 Å². The van der Waals surface area contributed by atoms with Gasteiger partial charge in [-0.15, -0.1) is 0 Å². The summed E-state index contributed by atoms with van der Waals surface area (Å²) in [5.74, 6) is 0.736. The zero-order chi connectivity index (χ0) is 19.3. The Morgan fingerprint density at radius 3 is 2.69 bits per heavy atom. The number of benzene rings is 1. The van der Waals surface area contributed by atoms with E-state index >= 15 is 0 Å². The predicted molar refractivity (Wildman–Crippen MR) is 115 cm³/mol. The van der Waals surface area contributed by atoms with Crippen LogP contribution in [0.15, 0.2) is 43.2 Å². The molecule has 0 spiro atoms. The molecular weight excluding hydrogens is 386 g/mol. The summed E-state index contributed by atoms with van der Waals surface area (Å²) in [6.45, 7) is 8.96. The lowest BCUT2D eigenvalue weighted by Crippen LogP contribution is -2.14. The molecule has 2 rings (SSSR count). The molecule has 26 heavy (non-hydrogen) atoms. The van der Waals surface area contributed by atoms with Gasteiger partial charge >= 0.3 is 0 Å². The monoisotopic (exact) mass is 411 g/mol. The van der Waals surface area contributed by atoms with Gasteiger partial charge in [0.25, 0.3) is 0 Å². The number of aliphatic imine (C=N–C) groups is 1. The smallest absolute Gasteiger partial charge is 0.0910 e. The van der Waals surface area contributed by atoms with Crippen LogP contribution in [0.5, 0.6) is 0 Å². The molecule has 4 nitrogen and oxygen atoms in total. The van der Waals surface area contributed by atoms with Crippen molar-refractivity contribution in [2.45, 2.75) is 32.6 Å². The summed E-state index contributed by atoms with van der Waals surface area (Å²) in [5, 5.41) is 4.34. The Hall–Kier alpha value is -1.37. The maximum atomic E-state index is 13.8. The summed E-state index contributed by atoms with van der Waals surface area (Å²) in [6.07, 6.45) is 1.75. The minimum Gasteiger partial charge on any atom is -0.366 e. The van der Waals surface area contributed by atoms with Gasteiger partial charge in [0.1, 0.15) is 0 Å². The van der Waals surface area contributed by atoms with Crippen LogP contribution >= 0.6 is 22.9 Å². The van der Waals surface area contributed by atoms with Gasteiger partial charge in [-0.05, 0) is 48.9 Å². The van der Waals surface area contributed by atoms with Crippen LogP contribution in [0.4, 0.5) is 11.4 Å². The van der Waals surface area contributed by atoms with E-state index in [2.05, 4.69) is 30.1 Å². The topological polar surface area (TPSA) is 45.0 Å². The summed E-state index contributed by atoms with van der Waals surface area (Å²) < 4.78 is 18.4. The third-order valence-corrected chi connectivity index (χ3v) is 7.52. The van der Waals surface area contributed by atoms with Gasteiger partial charge in [0.05, 0.1) is 37.4 Å². The number of thiophene rings is 1. The first-order valence-electron chi connectivity index (χ1n) is 8.56. The molecule has 1 aromatic heterocycles. The second-order valence-electron chi connectivity index (χ2n) is 6.66. The molecular formula is C19H26ClN3OS2. The van der Waals surface area contributed by atoms with Gasteiger partial charge in [-0.1, -0.05) is 25.4 Å². The zero-order valence-electron chi connectivity index (χ0n) is 15.9. The van der Waals surface area contributed by atoms with Gasteiger partial charge in [0.15, 0.2) is 0 Å². The van der Waals surface area contributed by atoms with E-state index in [0.717, 1.165) is 17.8 Å². The van der Waals surface area contributed by atoms with Crippen molar-refractivity contribution < 1.29 is 4.21 Å². The van der Waals surface area contributed by atoms with Crippen molar-refractivity contribution in [1.82, 2.24) is 4.90 Å². The molecule has 7 heteroatoms. The number of hydrogen-bond donors (Lipinski definition) is 0. The molecule has 2 aromatic rings. The van der Waals surface area contributed by atoms with Gasteiger partial charge in [0.2, 0.25) is 0 Å². The normalized spacial score (nSPS) is 14.0. The molecule has 0 radical (unpaired) electrons. The van der Waals surface area contributed by atoms with Crippen LogP contribution < -0.4 is 0 Å². The standard InChI is InChI=1S/C19H26ClN3OS2/c1-6-23(5)13-21-18-9-15(4)19(10-17(18)20)26(24,12-14(2)3)22-16-7-8-25-11-16/h7-11,13-14H,6,12H2,1-5H3. The Morgan fingerprint density at radius 2 is 2.12 bits per heavy atom. The average molecular weight is 412 g/mol. The highest BCUT2D eigenvalue weighted by Crippen LogP contribution is 2.34. The molecule has 1 atom stereocenters. The molecule has 0 N–H and O–H groups in total. The maximum absolute atomic E-state index is 13.8. The lowest BCUT2D eigenvalue weighted by molar-refractivity contribution is 0.552. The van der Waals surface area contributed by atoms with Gasteiger partial charge in [0, 0.05) is 24.7 Å². The molecule has 0 bridgehead atoms. The van der Waals surface area contributed by atoms with Crippen molar-refractivity contribution in [3.05, 3.63) is 39.5 Å². The molecule has 0 saturated carbocycles. The molecule has 0 fully saturated rings. The Kier molecular flexibility index (Phi) is 7.26. The molecule has 1 heterocycles. The number of nitrogens with zero attached hydrogens (tertiary/aromatic N) is 3. The van der Waals surface area contributed by atoms with Crippen LogP contribution in [0.3, 0.4) is 0 Å². The minimum absolute atomic E-state index is 0.249. The first kappa shape index (κ1) is 20.9.